The summed E-state index contributed by atoms with van der Waals surface area (Å²) >= 11 is 0. The van der Waals surface area contributed by atoms with E-state index in [9.17, 15) is 13.2 Å². The van der Waals surface area contributed by atoms with Crippen molar-refractivity contribution in [2.24, 2.45) is 0 Å². The smallest absolute Gasteiger partial charge is 0.453 e. The Kier molecular flexibility index (Phi) is 4.05. The van der Waals surface area contributed by atoms with Crippen molar-refractivity contribution in [1.82, 2.24) is 19.8 Å². The molecule has 0 unspecified atom stereocenters. The maximum atomic E-state index is 13.1. The lowest BCUT2D eigenvalue weighted by atomic mass is 9.99. The fourth-order valence-electron chi connectivity index (χ4n) is 3.20. The number of nitrogens with zero attached hydrogens (tertiary/aromatic N) is 5. The molecule has 142 valence electrons. The zero-order valence-corrected chi connectivity index (χ0v) is 14.6. The van der Waals surface area contributed by atoms with E-state index < -0.39 is 12.0 Å². The van der Waals surface area contributed by atoms with Gasteiger partial charge in [0.2, 0.25) is 0 Å². The molecule has 27 heavy (non-hydrogen) atoms. The van der Waals surface area contributed by atoms with Crippen molar-refractivity contribution in [3.05, 3.63) is 41.2 Å². The molecule has 0 bridgehead atoms. The van der Waals surface area contributed by atoms with Gasteiger partial charge in [-0.3, -0.25) is 0 Å². The predicted molar refractivity (Wildman–Crippen MR) is 90.1 cm³/mol. The summed E-state index contributed by atoms with van der Waals surface area (Å²) in [6.45, 7) is 1.11. The van der Waals surface area contributed by atoms with Crippen LogP contribution in [0.3, 0.4) is 0 Å². The quantitative estimate of drug-likeness (QED) is 0.697. The minimum atomic E-state index is -4.62. The number of aromatic nitrogens is 4. The lowest BCUT2D eigenvalue weighted by Gasteiger charge is -2.30. The molecule has 1 aliphatic heterocycles. The van der Waals surface area contributed by atoms with Crippen LogP contribution in [0.25, 0.3) is 5.65 Å². The maximum absolute atomic E-state index is 13.1. The molecule has 0 saturated heterocycles. The van der Waals surface area contributed by atoms with Gasteiger partial charge in [-0.15, -0.1) is 15.3 Å². The van der Waals surface area contributed by atoms with Crippen molar-refractivity contribution in [3.63, 3.8) is 0 Å². The minimum Gasteiger partial charge on any atom is -0.493 e. The van der Waals surface area contributed by atoms with E-state index in [0.717, 1.165) is 15.6 Å². The molecule has 0 saturated carbocycles. The molecule has 0 fully saturated rings. The van der Waals surface area contributed by atoms with Gasteiger partial charge in [-0.25, -0.2) is 0 Å². The van der Waals surface area contributed by atoms with Crippen LogP contribution in [0.2, 0.25) is 0 Å². The van der Waals surface area contributed by atoms with Crippen molar-refractivity contribution in [1.29, 1.82) is 0 Å². The van der Waals surface area contributed by atoms with Crippen molar-refractivity contribution in [2.45, 2.75) is 19.1 Å². The number of ether oxygens (including phenoxy) is 2. The van der Waals surface area contributed by atoms with Gasteiger partial charge in [0.25, 0.3) is 5.82 Å². The van der Waals surface area contributed by atoms with Gasteiger partial charge in [0, 0.05) is 13.1 Å². The average Bonchev–Trinajstić information content (AvgIpc) is 3.10. The Hall–Kier alpha value is -3.04. The molecule has 0 atom stereocenters. The van der Waals surface area contributed by atoms with Crippen molar-refractivity contribution >= 4 is 11.5 Å². The number of hydrogen-bond acceptors (Lipinski definition) is 6. The van der Waals surface area contributed by atoms with Crippen molar-refractivity contribution in [2.75, 3.05) is 25.7 Å². The molecule has 4 rings (SSSR count). The standard InChI is InChI=1S/C17H16F3N5O2/c1-26-12-7-10-5-6-24(9-11(10)8-13(12)27-2)15-4-3-14-21-22-16(17(18,19)20)25(14)23-15/h3-4,7-8H,5-6,9H2,1-2H3. The van der Waals surface area contributed by atoms with Gasteiger partial charge in [0.15, 0.2) is 17.1 Å². The predicted octanol–water partition coefficient (Wildman–Crippen LogP) is 2.72. The molecule has 1 aromatic carbocycles. The maximum Gasteiger partial charge on any atom is 0.453 e. The fourth-order valence-corrected chi connectivity index (χ4v) is 3.20. The summed E-state index contributed by atoms with van der Waals surface area (Å²) in [7, 11) is 3.14. The minimum absolute atomic E-state index is 0.0508. The molecule has 0 spiro atoms. The van der Waals surface area contributed by atoms with Crippen LogP contribution in [-0.4, -0.2) is 40.6 Å². The molecule has 7 nitrogen and oxygen atoms in total. The van der Waals surface area contributed by atoms with Crippen LogP contribution in [0.4, 0.5) is 19.0 Å². The van der Waals surface area contributed by atoms with E-state index in [0.29, 0.717) is 36.8 Å². The Bertz CT molecular complexity index is 1000. The van der Waals surface area contributed by atoms with E-state index >= 15 is 0 Å². The fraction of sp³-hybridized carbons (Fsp3) is 0.353. The lowest BCUT2D eigenvalue weighted by Crippen LogP contribution is -2.31. The molecule has 10 heteroatoms. The van der Waals surface area contributed by atoms with Crippen molar-refractivity contribution < 1.29 is 22.6 Å². The first-order valence-electron chi connectivity index (χ1n) is 8.19. The molecule has 1 aliphatic rings. The molecule has 0 N–H and O–H groups in total. The molecular weight excluding hydrogens is 363 g/mol. The normalized spacial score (nSPS) is 14.3. The molecule has 0 radical (unpaired) electrons. The third-order valence-electron chi connectivity index (χ3n) is 4.54. The van der Waals surface area contributed by atoms with E-state index in [4.69, 9.17) is 9.47 Å². The average molecular weight is 379 g/mol. The first-order chi connectivity index (χ1) is 12.9. The van der Waals surface area contributed by atoms with Gasteiger partial charge in [-0.05, 0) is 41.8 Å². The molecule has 2 aromatic heterocycles. The number of benzene rings is 1. The first kappa shape index (κ1) is 17.4. The van der Waals surface area contributed by atoms with Crippen LogP contribution < -0.4 is 14.4 Å². The SMILES string of the molecule is COc1cc2c(cc1OC)CN(c1ccc3nnc(C(F)(F)F)n3n1)CC2. The number of hydrogen-bond donors (Lipinski definition) is 0. The third-order valence-corrected chi connectivity index (χ3v) is 4.54. The summed E-state index contributed by atoms with van der Waals surface area (Å²) in [4.78, 5) is 1.91. The largest absolute Gasteiger partial charge is 0.493 e. The van der Waals surface area contributed by atoms with Gasteiger partial charge >= 0.3 is 6.18 Å². The highest BCUT2D eigenvalue weighted by Crippen LogP contribution is 2.34. The van der Waals surface area contributed by atoms with Crippen LogP contribution in [0, 0.1) is 0 Å². The van der Waals surface area contributed by atoms with Gasteiger partial charge < -0.3 is 14.4 Å². The zero-order chi connectivity index (χ0) is 19.2. The topological polar surface area (TPSA) is 64.8 Å². The number of alkyl halides is 3. The number of halogens is 3. The van der Waals surface area contributed by atoms with Crippen LogP contribution in [0.15, 0.2) is 24.3 Å². The second kappa shape index (κ2) is 6.29. The van der Waals surface area contributed by atoms with Gasteiger partial charge in [0.05, 0.1) is 14.2 Å². The van der Waals surface area contributed by atoms with E-state index in [-0.39, 0.29) is 5.65 Å². The Labute approximate surface area is 152 Å². The number of methoxy groups -OCH3 is 2. The lowest BCUT2D eigenvalue weighted by molar-refractivity contribution is -0.146. The van der Waals surface area contributed by atoms with Gasteiger partial charge in [-0.2, -0.15) is 17.7 Å². The van der Waals surface area contributed by atoms with E-state index in [1.54, 1.807) is 20.3 Å². The van der Waals surface area contributed by atoms with Crippen LogP contribution in [-0.2, 0) is 19.1 Å². The number of rotatable bonds is 3. The van der Waals surface area contributed by atoms with Crippen LogP contribution in [0.1, 0.15) is 17.0 Å². The summed E-state index contributed by atoms with van der Waals surface area (Å²) < 4.78 is 50.6. The summed E-state index contributed by atoms with van der Waals surface area (Å²) in [5.74, 6) is 0.555. The van der Waals surface area contributed by atoms with Gasteiger partial charge in [0.1, 0.15) is 5.82 Å². The molecule has 0 amide bonds. The van der Waals surface area contributed by atoms with Crippen molar-refractivity contribution in [3.8, 4) is 11.5 Å². The summed E-state index contributed by atoms with van der Waals surface area (Å²) in [6.07, 6.45) is -3.91. The van der Waals surface area contributed by atoms with Crippen LogP contribution >= 0.6 is 0 Å². The molecule has 3 aromatic rings. The number of fused-ring (bicyclic) bond motifs is 2. The van der Waals surface area contributed by atoms with E-state index in [1.165, 1.54) is 6.07 Å². The third kappa shape index (κ3) is 3.00. The highest BCUT2D eigenvalue weighted by atomic mass is 19.4. The summed E-state index contributed by atoms with van der Waals surface area (Å²) in [5.41, 5.74) is 2.18. The highest BCUT2D eigenvalue weighted by molar-refractivity contribution is 5.53. The van der Waals surface area contributed by atoms with Gasteiger partial charge in [-0.1, -0.05) is 0 Å². The van der Waals surface area contributed by atoms with E-state index in [2.05, 4.69) is 15.3 Å². The second-order valence-electron chi connectivity index (χ2n) is 6.13. The first-order valence-corrected chi connectivity index (χ1v) is 8.19. The monoisotopic (exact) mass is 379 g/mol. The van der Waals surface area contributed by atoms with E-state index in [1.807, 2.05) is 17.0 Å². The summed E-state index contributed by atoms with van der Waals surface area (Å²) in [5, 5.41) is 10.9. The Morgan fingerprint density at radius 2 is 1.70 bits per heavy atom. The zero-order valence-electron chi connectivity index (χ0n) is 14.6. The highest BCUT2D eigenvalue weighted by Gasteiger charge is 2.37. The Morgan fingerprint density at radius 3 is 2.37 bits per heavy atom. The van der Waals surface area contributed by atoms with Crippen LogP contribution in [0.5, 0.6) is 11.5 Å². The second-order valence-corrected chi connectivity index (χ2v) is 6.13. The Balaban J connectivity index is 1.69. The molecule has 0 aliphatic carbocycles. The Morgan fingerprint density at radius 1 is 1.00 bits per heavy atom. The molecule has 3 heterocycles. The number of anilines is 1. The summed E-state index contributed by atoms with van der Waals surface area (Å²) in [6, 6.07) is 6.95. The molecular formula is C17H16F3N5O2.